The lowest BCUT2D eigenvalue weighted by Gasteiger charge is -2.43. The molecule has 0 aliphatic carbocycles. The Bertz CT molecular complexity index is 957. The van der Waals surface area contributed by atoms with Crippen molar-refractivity contribution in [1.82, 2.24) is 0 Å². The molecular weight excluding hydrogens is 462 g/mol. The Labute approximate surface area is 208 Å². The van der Waals surface area contributed by atoms with E-state index in [1.165, 1.54) is 10.4 Å². The molecule has 5 nitrogen and oxygen atoms in total. The van der Waals surface area contributed by atoms with E-state index in [0.717, 1.165) is 0 Å². The molecule has 7 heteroatoms. The van der Waals surface area contributed by atoms with E-state index in [2.05, 4.69) is 73.7 Å². The van der Waals surface area contributed by atoms with Gasteiger partial charge in [0.05, 0.1) is 11.4 Å². The fraction of sp³-hybridized carbons (Fsp3) is 0.519. The maximum Gasteiger partial charge on any atom is 0.261 e. The van der Waals surface area contributed by atoms with Crippen molar-refractivity contribution in [2.45, 2.75) is 83.2 Å². The van der Waals surface area contributed by atoms with Gasteiger partial charge in [-0.1, -0.05) is 81.4 Å². The minimum Gasteiger partial charge on any atom is -0.405 e. The zero-order chi connectivity index (χ0) is 25.2. The van der Waals surface area contributed by atoms with E-state index >= 15 is 0 Å². The van der Waals surface area contributed by atoms with Crippen LogP contribution in [0.5, 0.6) is 0 Å². The molecule has 3 rings (SSSR count). The molecule has 0 spiro atoms. The normalized spacial score (nSPS) is 22.2. The molecule has 0 N–H and O–H groups in total. The van der Waals surface area contributed by atoms with E-state index in [-0.39, 0.29) is 11.1 Å². The largest absolute Gasteiger partial charge is 0.405 e. The summed E-state index contributed by atoms with van der Waals surface area (Å²) in [6.07, 6.45) is 0.826. The van der Waals surface area contributed by atoms with Gasteiger partial charge in [-0.05, 0) is 50.0 Å². The number of nitrogens with zero attached hydrogens (tertiary/aromatic N) is 1. The van der Waals surface area contributed by atoms with Crippen LogP contribution in [0.3, 0.4) is 0 Å². The third kappa shape index (κ3) is 5.94. The summed E-state index contributed by atoms with van der Waals surface area (Å²) in [5, 5.41) is 2.29. The van der Waals surface area contributed by atoms with Crippen LogP contribution in [0.25, 0.3) is 0 Å². The Morgan fingerprint density at radius 3 is 1.88 bits per heavy atom. The van der Waals surface area contributed by atoms with E-state index in [4.69, 9.17) is 13.9 Å². The molecular formula is C27H39NO4SSi. The third-order valence-electron chi connectivity index (χ3n) is 5.93. The summed E-state index contributed by atoms with van der Waals surface area (Å²) in [5.41, 5.74) is 0. The number of hydrogen-bond donors (Lipinski definition) is 0. The first kappa shape index (κ1) is 27.0. The van der Waals surface area contributed by atoms with Crippen molar-refractivity contribution >= 4 is 35.9 Å². The van der Waals surface area contributed by atoms with Crippen LogP contribution in [0.2, 0.25) is 5.04 Å². The summed E-state index contributed by atoms with van der Waals surface area (Å²) in [5.74, 6) is -0.778. The van der Waals surface area contributed by atoms with E-state index in [1.807, 2.05) is 46.8 Å². The van der Waals surface area contributed by atoms with Crippen LogP contribution in [0, 0.1) is 0 Å². The van der Waals surface area contributed by atoms with E-state index < -0.39 is 35.9 Å². The van der Waals surface area contributed by atoms with E-state index in [1.54, 1.807) is 6.21 Å². The van der Waals surface area contributed by atoms with Crippen molar-refractivity contribution in [1.29, 1.82) is 0 Å². The van der Waals surface area contributed by atoms with Gasteiger partial charge in [-0.2, -0.15) is 4.40 Å². The summed E-state index contributed by atoms with van der Waals surface area (Å²) in [7, 11) is -4.07. The molecule has 186 valence electrons. The van der Waals surface area contributed by atoms with Gasteiger partial charge in [-0.25, -0.2) is 4.21 Å². The van der Waals surface area contributed by atoms with Crippen LogP contribution in [-0.2, 0) is 24.9 Å². The predicted molar refractivity (Wildman–Crippen MR) is 144 cm³/mol. The first-order chi connectivity index (χ1) is 15.8. The molecule has 0 radical (unpaired) electrons. The van der Waals surface area contributed by atoms with Crippen molar-refractivity contribution < 1.29 is 18.1 Å². The minimum absolute atomic E-state index is 0.137. The molecule has 0 unspecified atom stereocenters. The molecule has 1 saturated heterocycles. The fourth-order valence-corrected chi connectivity index (χ4v) is 9.48. The quantitative estimate of drug-likeness (QED) is 0.410. The van der Waals surface area contributed by atoms with Crippen molar-refractivity contribution in [2.24, 2.45) is 4.40 Å². The Hall–Kier alpha value is -1.64. The number of rotatable bonds is 7. The van der Waals surface area contributed by atoms with Crippen LogP contribution in [0.4, 0.5) is 0 Å². The fourth-order valence-electron chi connectivity index (χ4n) is 4.36. The molecule has 2 aromatic carbocycles. The minimum atomic E-state index is -2.71. The van der Waals surface area contributed by atoms with E-state index in [0.29, 0.717) is 6.61 Å². The maximum atomic E-state index is 12.5. The van der Waals surface area contributed by atoms with Crippen LogP contribution in [0.1, 0.15) is 55.4 Å². The van der Waals surface area contributed by atoms with Crippen molar-refractivity contribution in [2.75, 3.05) is 6.61 Å². The Balaban J connectivity index is 1.97. The van der Waals surface area contributed by atoms with Gasteiger partial charge in [-0.15, -0.1) is 0 Å². The van der Waals surface area contributed by atoms with Crippen molar-refractivity contribution in [3.63, 3.8) is 0 Å². The molecule has 0 aromatic heterocycles. The first-order valence-corrected chi connectivity index (χ1v) is 14.8. The smallest absolute Gasteiger partial charge is 0.261 e. The van der Waals surface area contributed by atoms with Crippen LogP contribution in [0.15, 0.2) is 65.1 Å². The van der Waals surface area contributed by atoms with Crippen molar-refractivity contribution in [3.05, 3.63) is 60.7 Å². The highest BCUT2D eigenvalue weighted by molar-refractivity contribution is 7.85. The van der Waals surface area contributed by atoms with Gasteiger partial charge < -0.3 is 13.9 Å². The topological polar surface area (TPSA) is 57.1 Å². The van der Waals surface area contributed by atoms with Gasteiger partial charge in [-0.3, -0.25) is 0 Å². The number of hydrogen-bond acceptors (Lipinski definition) is 4. The highest BCUT2D eigenvalue weighted by Crippen LogP contribution is 2.38. The van der Waals surface area contributed by atoms with Crippen LogP contribution >= 0.6 is 0 Å². The molecule has 1 aliphatic rings. The van der Waals surface area contributed by atoms with Gasteiger partial charge in [0.2, 0.25) is 0 Å². The zero-order valence-electron chi connectivity index (χ0n) is 21.7. The zero-order valence-corrected chi connectivity index (χ0v) is 23.5. The Morgan fingerprint density at radius 1 is 0.941 bits per heavy atom. The number of ether oxygens (including phenoxy) is 2. The second kappa shape index (κ2) is 10.2. The van der Waals surface area contributed by atoms with E-state index in [9.17, 15) is 4.21 Å². The van der Waals surface area contributed by atoms with Gasteiger partial charge >= 0.3 is 0 Å². The molecule has 1 heterocycles. The second-order valence-corrected chi connectivity index (χ2v) is 17.5. The number of benzene rings is 2. The maximum absolute atomic E-state index is 12.5. The highest BCUT2D eigenvalue weighted by Gasteiger charge is 2.51. The SMILES string of the molecule is CC1(C)O[C@@H](/C=N/[S@](=O)C(C)(C)C)[C@H](CO[Si](c2ccccc2)(c2ccccc2)C(C)(C)C)O1. The van der Waals surface area contributed by atoms with Gasteiger partial charge in [0.15, 0.2) is 5.79 Å². The summed E-state index contributed by atoms with van der Waals surface area (Å²) in [4.78, 5) is 0. The summed E-state index contributed by atoms with van der Waals surface area (Å²) < 4.78 is 35.8. The summed E-state index contributed by atoms with van der Waals surface area (Å²) in [6, 6.07) is 21.1. The molecule has 0 bridgehead atoms. The molecule has 0 amide bonds. The molecule has 34 heavy (non-hydrogen) atoms. The molecule has 0 saturated carbocycles. The third-order valence-corrected chi connectivity index (χ3v) is 12.3. The highest BCUT2D eigenvalue weighted by atomic mass is 32.2. The Kier molecular flexibility index (Phi) is 8.05. The predicted octanol–water partition coefficient (Wildman–Crippen LogP) is 4.62. The summed E-state index contributed by atoms with van der Waals surface area (Å²) in [6.45, 7) is 16.6. The van der Waals surface area contributed by atoms with Crippen LogP contribution in [-0.4, -0.2) is 48.1 Å². The standard InChI is InChI=1S/C27H39NO4SSi/c1-25(2,3)33(29)28-19-23-24(32-27(7,8)31-23)20-30-34(26(4,5)6,21-15-11-9-12-16-21)22-17-13-10-14-18-22/h9-19,23-24H,20H2,1-8H3/b28-19+/t23-,24-,33+/m0/s1. The lowest BCUT2D eigenvalue weighted by atomic mass is 10.2. The summed E-state index contributed by atoms with van der Waals surface area (Å²) >= 11 is 0. The lowest BCUT2D eigenvalue weighted by molar-refractivity contribution is -0.144. The van der Waals surface area contributed by atoms with Gasteiger partial charge in [0.1, 0.15) is 23.2 Å². The second-order valence-electron chi connectivity index (χ2n) is 11.2. The van der Waals surface area contributed by atoms with Crippen molar-refractivity contribution in [3.8, 4) is 0 Å². The van der Waals surface area contributed by atoms with Crippen LogP contribution < -0.4 is 10.4 Å². The average molecular weight is 502 g/mol. The van der Waals surface area contributed by atoms with Gasteiger partial charge in [0, 0.05) is 6.21 Å². The Morgan fingerprint density at radius 2 is 1.44 bits per heavy atom. The molecule has 1 fully saturated rings. The lowest BCUT2D eigenvalue weighted by Crippen LogP contribution is -2.67. The molecule has 2 aromatic rings. The first-order valence-electron chi connectivity index (χ1n) is 11.8. The molecule has 3 atom stereocenters. The van der Waals surface area contributed by atoms with Gasteiger partial charge in [0.25, 0.3) is 8.32 Å². The molecule has 1 aliphatic heterocycles. The monoisotopic (exact) mass is 501 g/mol. The average Bonchev–Trinajstić information content (AvgIpc) is 3.05.